The number of imidazole rings is 1. The lowest BCUT2D eigenvalue weighted by Gasteiger charge is -2.11. The highest BCUT2D eigenvalue weighted by Crippen LogP contribution is 2.14. The SMILES string of the molecule is CC(C)CC(=O)Nc1cccc(CNC(=O)c2cncn2-c2ccc(F)cc2)c1. The van der Waals surface area contributed by atoms with E-state index in [2.05, 4.69) is 15.6 Å². The molecule has 0 aliphatic heterocycles. The molecule has 29 heavy (non-hydrogen) atoms. The zero-order chi connectivity index (χ0) is 20.8. The molecule has 1 heterocycles. The van der Waals surface area contributed by atoms with Crippen molar-refractivity contribution in [3.63, 3.8) is 0 Å². The number of amides is 2. The number of anilines is 1. The van der Waals surface area contributed by atoms with E-state index in [4.69, 9.17) is 0 Å². The molecular formula is C22H23FN4O2. The standard InChI is InChI=1S/C22H23FN4O2/c1-15(2)10-21(28)26-18-5-3-4-16(11-18)12-25-22(29)20-13-24-14-27(20)19-8-6-17(23)7-9-19/h3-9,11,13-15H,10,12H2,1-2H3,(H,25,29)(H,26,28). The Morgan fingerprint density at radius 3 is 2.62 bits per heavy atom. The van der Waals surface area contributed by atoms with E-state index >= 15 is 0 Å². The monoisotopic (exact) mass is 394 g/mol. The molecule has 0 saturated carbocycles. The lowest BCUT2D eigenvalue weighted by Crippen LogP contribution is -2.25. The van der Waals surface area contributed by atoms with E-state index in [1.165, 1.54) is 24.7 Å². The van der Waals surface area contributed by atoms with E-state index in [1.807, 2.05) is 38.1 Å². The summed E-state index contributed by atoms with van der Waals surface area (Å²) in [5.41, 5.74) is 2.54. The van der Waals surface area contributed by atoms with Crippen molar-refractivity contribution in [3.05, 3.63) is 78.1 Å². The van der Waals surface area contributed by atoms with Crippen LogP contribution in [0.2, 0.25) is 0 Å². The summed E-state index contributed by atoms with van der Waals surface area (Å²) in [6.07, 6.45) is 3.42. The van der Waals surface area contributed by atoms with Crippen molar-refractivity contribution in [2.75, 3.05) is 5.32 Å². The predicted octanol–water partition coefficient (Wildman–Crippen LogP) is 3.93. The molecule has 0 unspecified atom stereocenters. The second-order valence-electron chi connectivity index (χ2n) is 7.15. The normalized spacial score (nSPS) is 10.8. The van der Waals surface area contributed by atoms with Crippen LogP contribution >= 0.6 is 0 Å². The van der Waals surface area contributed by atoms with Gasteiger partial charge < -0.3 is 10.6 Å². The molecule has 6 nitrogen and oxygen atoms in total. The summed E-state index contributed by atoms with van der Waals surface area (Å²) >= 11 is 0. The van der Waals surface area contributed by atoms with Crippen LogP contribution in [0.3, 0.4) is 0 Å². The molecule has 0 radical (unpaired) electrons. The molecule has 7 heteroatoms. The Bertz CT molecular complexity index is 996. The number of nitrogens with zero attached hydrogens (tertiary/aromatic N) is 2. The second-order valence-corrected chi connectivity index (χ2v) is 7.15. The number of benzene rings is 2. The summed E-state index contributed by atoms with van der Waals surface area (Å²) in [4.78, 5) is 28.6. The molecule has 3 rings (SSSR count). The van der Waals surface area contributed by atoms with Crippen molar-refractivity contribution in [1.82, 2.24) is 14.9 Å². The minimum atomic E-state index is -0.347. The fraction of sp³-hybridized carbons (Fsp3) is 0.227. The highest BCUT2D eigenvalue weighted by molar-refractivity contribution is 5.93. The van der Waals surface area contributed by atoms with Crippen molar-refractivity contribution in [2.24, 2.45) is 5.92 Å². The average Bonchev–Trinajstić information content (AvgIpc) is 3.16. The number of hydrogen-bond acceptors (Lipinski definition) is 3. The second kappa shape index (κ2) is 9.14. The number of carbonyl (C=O) groups is 2. The van der Waals surface area contributed by atoms with E-state index in [0.29, 0.717) is 30.0 Å². The number of carbonyl (C=O) groups excluding carboxylic acids is 2. The highest BCUT2D eigenvalue weighted by Gasteiger charge is 2.13. The quantitative estimate of drug-likeness (QED) is 0.638. The molecule has 0 fully saturated rings. The van der Waals surface area contributed by atoms with Gasteiger partial charge in [0, 0.05) is 24.3 Å². The first-order valence-electron chi connectivity index (χ1n) is 9.37. The molecule has 0 bridgehead atoms. The Kier molecular flexibility index (Phi) is 6.39. The highest BCUT2D eigenvalue weighted by atomic mass is 19.1. The van der Waals surface area contributed by atoms with Gasteiger partial charge in [0.25, 0.3) is 5.91 Å². The minimum absolute atomic E-state index is 0.0376. The van der Waals surface area contributed by atoms with E-state index in [9.17, 15) is 14.0 Å². The van der Waals surface area contributed by atoms with E-state index in [-0.39, 0.29) is 23.5 Å². The van der Waals surface area contributed by atoms with E-state index in [1.54, 1.807) is 16.7 Å². The Labute approximate surface area is 168 Å². The van der Waals surface area contributed by atoms with Crippen LogP contribution in [0.5, 0.6) is 0 Å². The van der Waals surface area contributed by atoms with Crippen molar-refractivity contribution >= 4 is 17.5 Å². The van der Waals surface area contributed by atoms with Gasteiger partial charge in [0.1, 0.15) is 11.5 Å². The van der Waals surface area contributed by atoms with Gasteiger partial charge in [0.05, 0.1) is 12.5 Å². The predicted molar refractivity (Wildman–Crippen MR) is 109 cm³/mol. The first-order chi connectivity index (χ1) is 13.9. The van der Waals surface area contributed by atoms with Gasteiger partial charge in [0.2, 0.25) is 5.91 Å². The molecule has 3 aromatic rings. The van der Waals surface area contributed by atoms with Gasteiger partial charge in [-0.3, -0.25) is 14.2 Å². The summed E-state index contributed by atoms with van der Waals surface area (Å²) in [5.74, 6) is -0.408. The van der Waals surface area contributed by atoms with Gasteiger partial charge in [-0.15, -0.1) is 0 Å². The van der Waals surface area contributed by atoms with Gasteiger partial charge in [-0.05, 0) is 47.9 Å². The summed E-state index contributed by atoms with van der Waals surface area (Å²) < 4.78 is 14.7. The maximum Gasteiger partial charge on any atom is 0.270 e. The Morgan fingerprint density at radius 2 is 1.90 bits per heavy atom. The molecule has 2 amide bonds. The van der Waals surface area contributed by atoms with E-state index in [0.717, 1.165) is 5.56 Å². The topological polar surface area (TPSA) is 76.0 Å². The van der Waals surface area contributed by atoms with Crippen LogP contribution in [0.25, 0.3) is 5.69 Å². The van der Waals surface area contributed by atoms with Crippen LogP contribution in [0, 0.1) is 11.7 Å². The van der Waals surface area contributed by atoms with Gasteiger partial charge in [-0.25, -0.2) is 9.37 Å². The smallest absolute Gasteiger partial charge is 0.270 e. The van der Waals surface area contributed by atoms with Crippen molar-refractivity contribution in [1.29, 1.82) is 0 Å². The lowest BCUT2D eigenvalue weighted by atomic mass is 10.1. The number of halogens is 1. The fourth-order valence-corrected chi connectivity index (χ4v) is 2.89. The zero-order valence-electron chi connectivity index (χ0n) is 16.4. The molecule has 0 saturated heterocycles. The molecule has 0 spiro atoms. The van der Waals surface area contributed by atoms with Crippen LogP contribution < -0.4 is 10.6 Å². The third kappa shape index (κ3) is 5.51. The number of nitrogens with one attached hydrogen (secondary N) is 2. The van der Waals surface area contributed by atoms with Gasteiger partial charge in [-0.1, -0.05) is 26.0 Å². The Hall–Kier alpha value is -3.48. The van der Waals surface area contributed by atoms with E-state index < -0.39 is 0 Å². The first-order valence-corrected chi connectivity index (χ1v) is 9.37. The number of hydrogen-bond donors (Lipinski definition) is 2. The fourth-order valence-electron chi connectivity index (χ4n) is 2.89. The molecule has 0 aliphatic carbocycles. The van der Waals surface area contributed by atoms with Crippen molar-refractivity contribution in [2.45, 2.75) is 26.8 Å². The lowest BCUT2D eigenvalue weighted by molar-refractivity contribution is -0.116. The van der Waals surface area contributed by atoms with Crippen LogP contribution in [-0.4, -0.2) is 21.4 Å². The summed E-state index contributed by atoms with van der Waals surface area (Å²) in [5, 5.41) is 5.72. The third-order valence-electron chi connectivity index (χ3n) is 4.23. The number of aromatic nitrogens is 2. The molecular weight excluding hydrogens is 371 g/mol. The maximum absolute atomic E-state index is 13.1. The summed E-state index contributed by atoms with van der Waals surface area (Å²) in [6.45, 7) is 4.27. The minimum Gasteiger partial charge on any atom is -0.347 e. The molecule has 0 atom stereocenters. The zero-order valence-corrected chi connectivity index (χ0v) is 16.4. The van der Waals surface area contributed by atoms with Crippen LogP contribution in [0.4, 0.5) is 10.1 Å². The Morgan fingerprint density at radius 1 is 1.14 bits per heavy atom. The first kappa shape index (κ1) is 20.3. The third-order valence-corrected chi connectivity index (χ3v) is 4.23. The summed E-state index contributed by atoms with van der Waals surface area (Å²) in [6, 6.07) is 13.2. The largest absolute Gasteiger partial charge is 0.347 e. The van der Waals surface area contributed by atoms with Gasteiger partial charge >= 0.3 is 0 Å². The van der Waals surface area contributed by atoms with Crippen LogP contribution in [0.1, 0.15) is 36.3 Å². The average molecular weight is 394 g/mol. The van der Waals surface area contributed by atoms with Crippen LogP contribution in [0.15, 0.2) is 61.1 Å². The molecule has 1 aromatic heterocycles. The summed E-state index contributed by atoms with van der Waals surface area (Å²) in [7, 11) is 0. The van der Waals surface area contributed by atoms with Crippen molar-refractivity contribution in [3.8, 4) is 5.69 Å². The Balaban J connectivity index is 1.65. The molecule has 0 aliphatic rings. The van der Waals surface area contributed by atoms with Gasteiger partial charge in [-0.2, -0.15) is 0 Å². The van der Waals surface area contributed by atoms with Crippen LogP contribution in [-0.2, 0) is 11.3 Å². The maximum atomic E-state index is 13.1. The molecule has 2 aromatic carbocycles. The van der Waals surface area contributed by atoms with Crippen molar-refractivity contribution < 1.29 is 14.0 Å². The molecule has 150 valence electrons. The van der Waals surface area contributed by atoms with Gasteiger partial charge in [0.15, 0.2) is 0 Å². The molecule has 2 N–H and O–H groups in total. The number of rotatable bonds is 7.